The lowest BCUT2D eigenvalue weighted by molar-refractivity contribution is -0.137. The minimum Gasteiger partial charge on any atom is -0.398 e. The first-order valence-electron chi connectivity index (χ1n) is 8.81. The zero-order chi connectivity index (χ0) is 19.9. The summed E-state index contributed by atoms with van der Waals surface area (Å²) >= 11 is 3.37. The van der Waals surface area contributed by atoms with Crippen LogP contribution in [0.4, 0.5) is 24.8 Å². The van der Waals surface area contributed by atoms with E-state index < -0.39 is 11.7 Å². The van der Waals surface area contributed by atoms with Crippen molar-refractivity contribution in [2.24, 2.45) is 0 Å². The second kappa shape index (κ2) is 7.25. The largest absolute Gasteiger partial charge is 0.419 e. The zero-order valence-electron chi connectivity index (χ0n) is 14.7. The first kappa shape index (κ1) is 19.0. The van der Waals surface area contributed by atoms with Crippen LogP contribution >= 0.6 is 15.9 Å². The molecular weight excluding hydrogens is 437 g/mol. The standard InChI is InChI=1S/C18H18BrF3N6/c19-14-13(23)4-3-10-11(7-25-16(10)14)15-12(18(20,21)22)8-26-17(28-15)27-9-2-1-5-24-6-9/h3-4,7-9,24-25H,1-2,5-6,23H2,(H,26,27,28)/t9-/m0/s1. The van der Waals surface area contributed by atoms with Crippen LogP contribution in [-0.2, 0) is 6.18 Å². The highest BCUT2D eigenvalue weighted by atomic mass is 79.9. The highest BCUT2D eigenvalue weighted by Gasteiger charge is 2.36. The fourth-order valence-corrected chi connectivity index (χ4v) is 3.86. The number of anilines is 2. The van der Waals surface area contributed by atoms with Gasteiger partial charge in [0.05, 0.1) is 15.7 Å². The van der Waals surface area contributed by atoms with Crippen LogP contribution in [0.5, 0.6) is 0 Å². The number of hydrogen-bond donors (Lipinski definition) is 4. The molecule has 6 nitrogen and oxygen atoms in total. The van der Waals surface area contributed by atoms with E-state index in [1.54, 1.807) is 12.1 Å². The van der Waals surface area contributed by atoms with Crippen LogP contribution in [0.15, 0.2) is 29.0 Å². The summed E-state index contributed by atoms with van der Waals surface area (Å²) in [7, 11) is 0. The van der Waals surface area contributed by atoms with Gasteiger partial charge in [-0.15, -0.1) is 0 Å². The molecule has 28 heavy (non-hydrogen) atoms. The third-order valence-electron chi connectivity index (χ3n) is 4.80. The molecule has 0 amide bonds. The topological polar surface area (TPSA) is 91.7 Å². The van der Waals surface area contributed by atoms with E-state index in [0.717, 1.165) is 32.1 Å². The summed E-state index contributed by atoms with van der Waals surface area (Å²) in [6.07, 6.45) is -0.325. The number of H-pyrrole nitrogens is 1. The maximum Gasteiger partial charge on any atom is 0.419 e. The zero-order valence-corrected chi connectivity index (χ0v) is 16.3. The van der Waals surface area contributed by atoms with Gasteiger partial charge in [-0.1, -0.05) is 6.07 Å². The fraction of sp³-hybridized carbons (Fsp3) is 0.333. The number of nitrogens with two attached hydrogens (primary N) is 1. The molecule has 0 unspecified atom stereocenters. The van der Waals surface area contributed by atoms with Gasteiger partial charge in [0.25, 0.3) is 0 Å². The summed E-state index contributed by atoms with van der Waals surface area (Å²) in [6.45, 7) is 1.66. The summed E-state index contributed by atoms with van der Waals surface area (Å²) < 4.78 is 41.5. The van der Waals surface area contributed by atoms with Crippen LogP contribution in [0.3, 0.4) is 0 Å². The van der Waals surface area contributed by atoms with E-state index in [1.807, 2.05) is 0 Å². The van der Waals surface area contributed by atoms with Crippen LogP contribution < -0.4 is 16.4 Å². The van der Waals surface area contributed by atoms with Gasteiger partial charge in [-0.3, -0.25) is 0 Å². The van der Waals surface area contributed by atoms with Gasteiger partial charge in [-0.25, -0.2) is 9.97 Å². The number of piperidine rings is 1. The SMILES string of the molecule is Nc1ccc2c(-c3nc(N[C@H]4CCCNC4)ncc3C(F)(F)F)c[nH]c2c1Br. The molecule has 1 fully saturated rings. The molecule has 1 saturated heterocycles. The van der Waals surface area contributed by atoms with Gasteiger partial charge in [-0.2, -0.15) is 13.2 Å². The van der Waals surface area contributed by atoms with E-state index in [1.165, 1.54) is 6.20 Å². The molecular formula is C18H18BrF3N6. The van der Waals surface area contributed by atoms with Gasteiger partial charge in [-0.05, 0) is 41.4 Å². The van der Waals surface area contributed by atoms with E-state index in [2.05, 4.69) is 41.5 Å². The van der Waals surface area contributed by atoms with Crippen LogP contribution in [0.25, 0.3) is 22.2 Å². The van der Waals surface area contributed by atoms with E-state index in [9.17, 15) is 13.2 Å². The molecule has 0 aliphatic carbocycles. The monoisotopic (exact) mass is 454 g/mol. The van der Waals surface area contributed by atoms with E-state index in [-0.39, 0.29) is 17.7 Å². The summed E-state index contributed by atoms with van der Waals surface area (Å²) in [5.74, 6) is 0.181. The molecule has 0 bridgehead atoms. The maximum atomic E-state index is 13.6. The Morgan fingerprint density at radius 3 is 2.82 bits per heavy atom. The van der Waals surface area contributed by atoms with E-state index in [0.29, 0.717) is 26.6 Å². The number of nitrogens with zero attached hydrogens (tertiary/aromatic N) is 2. The van der Waals surface area contributed by atoms with Crippen molar-refractivity contribution in [1.82, 2.24) is 20.3 Å². The predicted octanol–water partition coefficient (Wildman–Crippen LogP) is 4.15. The van der Waals surface area contributed by atoms with Gasteiger partial charge in [0.15, 0.2) is 0 Å². The van der Waals surface area contributed by atoms with Gasteiger partial charge in [0, 0.05) is 41.6 Å². The summed E-state index contributed by atoms with van der Waals surface area (Å²) in [5, 5.41) is 6.98. The van der Waals surface area contributed by atoms with Crippen molar-refractivity contribution in [3.05, 3.63) is 34.6 Å². The number of aromatic amines is 1. The van der Waals surface area contributed by atoms with Gasteiger partial charge in [0.2, 0.25) is 5.95 Å². The molecule has 1 aromatic carbocycles. The van der Waals surface area contributed by atoms with Crippen molar-refractivity contribution in [2.75, 3.05) is 24.1 Å². The average Bonchev–Trinajstić information content (AvgIpc) is 3.09. The first-order valence-corrected chi connectivity index (χ1v) is 9.61. The summed E-state index contributed by atoms with van der Waals surface area (Å²) in [5.41, 5.74) is 6.28. The number of alkyl halides is 3. The number of hydrogen-bond acceptors (Lipinski definition) is 5. The van der Waals surface area contributed by atoms with Crippen molar-refractivity contribution < 1.29 is 13.2 Å². The number of nitrogens with one attached hydrogen (secondary N) is 3. The first-order chi connectivity index (χ1) is 13.3. The molecule has 0 saturated carbocycles. The molecule has 10 heteroatoms. The van der Waals surface area contributed by atoms with Crippen molar-refractivity contribution in [3.8, 4) is 11.3 Å². The Morgan fingerprint density at radius 1 is 1.29 bits per heavy atom. The van der Waals surface area contributed by atoms with Crippen molar-refractivity contribution >= 4 is 38.5 Å². The van der Waals surface area contributed by atoms with Crippen molar-refractivity contribution in [1.29, 1.82) is 0 Å². The highest BCUT2D eigenvalue weighted by molar-refractivity contribution is 9.10. The van der Waals surface area contributed by atoms with Crippen molar-refractivity contribution in [3.63, 3.8) is 0 Å². The molecule has 0 spiro atoms. The Morgan fingerprint density at radius 2 is 2.11 bits per heavy atom. The molecule has 3 heterocycles. The summed E-state index contributed by atoms with van der Waals surface area (Å²) in [6, 6.07) is 3.41. The lowest BCUT2D eigenvalue weighted by Crippen LogP contribution is -2.38. The number of halogens is 4. The van der Waals surface area contributed by atoms with Crippen molar-refractivity contribution in [2.45, 2.75) is 25.1 Å². The molecule has 1 aliphatic heterocycles. The number of benzene rings is 1. The second-order valence-electron chi connectivity index (χ2n) is 6.73. The Bertz CT molecular complexity index is 1010. The lowest BCUT2D eigenvalue weighted by atomic mass is 10.1. The Labute approximate surface area is 167 Å². The number of aromatic nitrogens is 3. The number of fused-ring (bicyclic) bond motifs is 1. The van der Waals surface area contributed by atoms with Crippen LogP contribution in [0.1, 0.15) is 18.4 Å². The quantitative estimate of drug-likeness (QED) is 0.446. The Balaban J connectivity index is 1.81. The maximum absolute atomic E-state index is 13.6. The number of rotatable bonds is 3. The van der Waals surface area contributed by atoms with Gasteiger partial charge >= 0.3 is 6.18 Å². The normalized spacial score (nSPS) is 17.8. The van der Waals surface area contributed by atoms with Crippen LogP contribution in [-0.4, -0.2) is 34.1 Å². The molecule has 0 radical (unpaired) electrons. The molecule has 4 rings (SSSR count). The number of nitrogen functional groups attached to an aromatic ring is 1. The smallest absolute Gasteiger partial charge is 0.398 e. The average molecular weight is 455 g/mol. The van der Waals surface area contributed by atoms with E-state index in [4.69, 9.17) is 5.73 Å². The highest BCUT2D eigenvalue weighted by Crippen LogP contribution is 2.40. The molecule has 148 valence electrons. The van der Waals surface area contributed by atoms with Gasteiger partial charge < -0.3 is 21.4 Å². The van der Waals surface area contributed by atoms with Crippen LogP contribution in [0, 0.1) is 0 Å². The molecule has 5 N–H and O–H groups in total. The molecule has 1 aliphatic rings. The Kier molecular flexibility index (Phi) is 4.92. The Hall–Kier alpha value is -2.33. The lowest BCUT2D eigenvalue weighted by Gasteiger charge is -2.24. The summed E-state index contributed by atoms with van der Waals surface area (Å²) in [4.78, 5) is 11.1. The fourth-order valence-electron chi connectivity index (χ4n) is 3.40. The predicted molar refractivity (Wildman–Crippen MR) is 106 cm³/mol. The molecule has 2 aromatic heterocycles. The molecule has 3 aromatic rings. The third-order valence-corrected chi connectivity index (χ3v) is 5.66. The molecule has 1 atom stereocenters. The third kappa shape index (κ3) is 3.53. The minimum atomic E-state index is -4.57. The second-order valence-corrected chi connectivity index (χ2v) is 7.53. The van der Waals surface area contributed by atoms with Crippen LogP contribution in [0.2, 0.25) is 0 Å². The minimum absolute atomic E-state index is 0.0789. The van der Waals surface area contributed by atoms with Gasteiger partial charge in [0.1, 0.15) is 5.56 Å². The van der Waals surface area contributed by atoms with E-state index >= 15 is 0 Å².